The molecule has 7 aromatic carbocycles. The van der Waals surface area contributed by atoms with Gasteiger partial charge in [-0.15, -0.1) is 0 Å². The van der Waals surface area contributed by atoms with Gasteiger partial charge >= 0.3 is 0 Å². The highest BCUT2D eigenvalue weighted by atomic mass is 32.2. The Labute approximate surface area is 284 Å². The van der Waals surface area contributed by atoms with Gasteiger partial charge in [-0.1, -0.05) is 151 Å². The van der Waals surface area contributed by atoms with E-state index in [2.05, 4.69) is 169 Å². The fourth-order valence-corrected chi connectivity index (χ4v) is 10.5. The van der Waals surface area contributed by atoms with Crippen molar-refractivity contribution in [1.82, 2.24) is 0 Å². The van der Waals surface area contributed by atoms with Crippen molar-refractivity contribution in [3.05, 3.63) is 214 Å². The molecule has 0 aromatic heterocycles. The monoisotopic (exact) mass is 631 g/mol. The number of hydrogen-bond acceptors (Lipinski definition) is 3. The molecule has 0 amide bonds. The van der Waals surface area contributed by atoms with Gasteiger partial charge in [0, 0.05) is 21.7 Å². The molecule has 1 N–H and O–H groups in total. The van der Waals surface area contributed by atoms with Crippen molar-refractivity contribution in [2.45, 2.75) is 21.1 Å². The standard InChI is InChI=1S/C45H29NOS/c1-2-14-31-29(13-1)30-26-25-28(43-46-39-21-9-12-24-42(39)48-43)27-38(30)44(31)32-15-3-5-17-34(32)45(35-18-6-4-16-33(35)44)36-19-7-10-22-40(36)47-41-23-11-8-20-37(41)45/h1-27,43,46H. The van der Waals surface area contributed by atoms with Gasteiger partial charge in [0.15, 0.2) is 0 Å². The van der Waals surface area contributed by atoms with Crippen LogP contribution in [0.15, 0.2) is 169 Å². The molecule has 1 unspecified atom stereocenters. The van der Waals surface area contributed by atoms with E-state index in [9.17, 15) is 0 Å². The smallest absolute Gasteiger partial charge is 0.132 e. The molecule has 11 rings (SSSR count). The molecule has 1 atom stereocenters. The van der Waals surface area contributed by atoms with Gasteiger partial charge in [0.05, 0.1) is 10.8 Å². The van der Waals surface area contributed by atoms with E-state index in [0.717, 1.165) is 11.5 Å². The van der Waals surface area contributed by atoms with Gasteiger partial charge in [0.25, 0.3) is 0 Å². The van der Waals surface area contributed by atoms with Crippen LogP contribution in [0.25, 0.3) is 11.1 Å². The first-order valence-corrected chi connectivity index (χ1v) is 17.5. The summed E-state index contributed by atoms with van der Waals surface area (Å²) in [6.07, 6.45) is 0. The van der Waals surface area contributed by atoms with Gasteiger partial charge in [-0.2, -0.15) is 0 Å². The van der Waals surface area contributed by atoms with E-state index in [1.54, 1.807) is 0 Å². The lowest BCUT2D eigenvalue weighted by Gasteiger charge is -2.51. The maximum atomic E-state index is 6.65. The second-order valence-electron chi connectivity index (χ2n) is 13.2. The van der Waals surface area contributed by atoms with E-state index in [0.29, 0.717) is 0 Å². The van der Waals surface area contributed by atoms with Crippen LogP contribution in [-0.2, 0) is 10.8 Å². The Morgan fingerprint density at radius 3 is 1.54 bits per heavy atom. The third-order valence-electron chi connectivity index (χ3n) is 11.1. The molecular formula is C45H29NOS. The van der Waals surface area contributed by atoms with Gasteiger partial charge in [0.1, 0.15) is 16.9 Å². The Balaban J connectivity index is 1.26. The SMILES string of the molecule is c1ccc2c(c1)NC(c1ccc3c(c1)C1(c4ccccc4-3)c3ccccc3C3(c4ccccc4Oc4ccccc43)c3ccccc31)S2. The van der Waals surface area contributed by atoms with Crippen molar-refractivity contribution in [2.75, 3.05) is 5.32 Å². The molecule has 2 nitrogen and oxygen atoms in total. The minimum atomic E-state index is -0.552. The third-order valence-corrected chi connectivity index (χ3v) is 12.3. The summed E-state index contributed by atoms with van der Waals surface area (Å²) >= 11 is 1.90. The first kappa shape index (κ1) is 26.5. The van der Waals surface area contributed by atoms with Gasteiger partial charge in [0.2, 0.25) is 0 Å². The minimum absolute atomic E-state index is 0.142. The zero-order valence-electron chi connectivity index (χ0n) is 26.0. The second-order valence-corrected chi connectivity index (χ2v) is 14.3. The van der Waals surface area contributed by atoms with Gasteiger partial charge in [-0.3, -0.25) is 0 Å². The fourth-order valence-electron chi connectivity index (χ4n) is 9.32. The highest BCUT2D eigenvalue weighted by molar-refractivity contribution is 8.00. The summed E-state index contributed by atoms with van der Waals surface area (Å²) in [5.74, 6) is 1.82. The Bertz CT molecular complexity index is 2360. The van der Waals surface area contributed by atoms with Crippen molar-refractivity contribution in [3.63, 3.8) is 0 Å². The van der Waals surface area contributed by atoms with Crippen molar-refractivity contribution in [1.29, 1.82) is 0 Å². The van der Waals surface area contributed by atoms with Gasteiger partial charge in [-0.25, -0.2) is 0 Å². The van der Waals surface area contributed by atoms with Crippen LogP contribution in [0.1, 0.15) is 55.4 Å². The van der Waals surface area contributed by atoms with Crippen LogP contribution in [0.2, 0.25) is 0 Å². The van der Waals surface area contributed by atoms with Crippen LogP contribution in [0.5, 0.6) is 11.5 Å². The van der Waals surface area contributed by atoms with Crippen molar-refractivity contribution >= 4 is 17.4 Å². The lowest BCUT2D eigenvalue weighted by atomic mass is 9.51. The molecule has 4 aliphatic rings. The van der Waals surface area contributed by atoms with E-state index >= 15 is 0 Å². The number of ether oxygens (including phenoxy) is 1. The van der Waals surface area contributed by atoms with Gasteiger partial charge < -0.3 is 10.1 Å². The molecule has 2 aliphatic carbocycles. The van der Waals surface area contributed by atoms with E-state index < -0.39 is 10.8 Å². The molecule has 0 saturated carbocycles. The van der Waals surface area contributed by atoms with Crippen molar-refractivity contribution in [2.24, 2.45) is 0 Å². The molecule has 7 aromatic rings. The number of hydrogen-bond donors (Lipinski definition) is 1. The number of nitrogens with one attached hydrogen (secondary N) is 1. The molecule has 0 bridgehead atoms. The summed E-state index contributed by atoms with van der Waals surface area (Å²) in [7, 11) is 0. The topological polar surface area (TPSA) is 21.3 Å². The summed E-state index contributed by atoms with van der Waals surface area (Å²) in [4.78, 5) is 1.30. The zero-order valence-corrected chi connectivity index (χ0v) is 26.8. The molecule has 0 fully saturated rings. The molecule has 226 valence electrons. The minimum Gasteiger partial charge on any atom is -0.457 e. The van der Waals surface area contributed by atoms with Gasteiger partial charge in [-0.05, 0) is 74.3 Å². The third kappa shape index (κ3) is 3.15. The maximum absolute atomic E-state index is 6.65. The highest BCUT2D eigenvalue weighted by Gasteiger charge is 2.58. The Hall–Kier alpha value is -5.51. The van der Waals surface area contributed by atoms with E-state index in [1.807, 2.05) is 11.8 Å². The molecule has 2 aliphatic heterocycles. The van der Waals surface area contributed by atoms with Crippen molar-refractivity contribution < 1.29 is 4.74 Å². The number of rotatable bonds is 1. The van der Waals surface area contributed by atoms with Crippen LogP contribution >= 0.6 is 11.8 Å². The predicted molar refractivity (Wildman–Crippen MR) is 194 cm³/mol. The normalized spacial score (nSPS) is 17.5. The average Bonchev–Trinajstić information content (AvgIpc) is 3.71. The van der Waals surface area contributed by atoms with E-state index in [1.165, 1.54) is 71.8 Å². The molecule has 0 radical (unpaired) electrons. The molecule has 2 spiro atoms. The largest absolute Gasteiger partial charge is 0.457 e. The molecule has 2 heterocycles. The number of benzene rings is 7. The van der Waals surface area contributed by atoms with Crippen LogP contribution in [0.3, 0.4) is 0 Å². The molecule has 3 heteroatoms. The number of para-hydroxylation sites is 3. The van der Waals surface area contributed by atoms with Crippen LogP contribution in [-0.4, -0.2) is 0 Å². The zero-order chi connectivity index (χ0) is 31.5. The molecule has 48 heavy (non-hydrogen) atoms. The quantitative estimate of drug-likeness (QED) is 0.195. The van der Waals surface area contributed by atoms with Crippen molar-refractivity contribution in [3.8, 4) is 22.6 Å². The Morgan fingerprint density at radius 2 is 0.917 bits per heavy atom. The lowest BCUT2D eigenvalue weighted by Crippen LogP contribution is -2.45. The number of anilines is 1. The Morgan fingerprint density at radius 1 is 0.438 bits per heavy atom. The van der Waals surface area contributed by atoms with Crippen LogP contribution < -0.4 is 10.1 Å². The molecular weight excluding hydrogens is 603 g/mol. The molecule has 0 saturated heterocycles. The first-order valence-electron chi connectivity index (χ1n) is 16.6. The lowest BCUT2D eigenvalue weighted by molar-refractivity contribution is 0.429. The summed E-state index contributed by atoms with van der Waals surface area (Å²) in [5.41, 5.74) is 14.4. The highest BCUT2D eigenvalue weighted by Crippen LogP contribution is 2.67. The second kappa shape index (κ2) is 9.53. The summed E-state index contributed by atoms with van der Waals surface area (Å²) in [5, 5.41) is 3.95. The predicted octanol–water partition coefficient (Wildman–Crippen LogP) is 11.1. The van der Waals surface area contributed by atoms with Crippen LogP contribution in [0.4, 0.5) is 5.69 Å². The maximum Gasteiger partial charge on any atom is 0.132 e. The summed E-state index contributed by atoms with van der Waals surface area (Å²) in [6.45, 7) is 0. The summed E-state index contributed by atoms with van der Waals surface area (Å²) < 4.78 is 6.65. The van der Waals surface area contributed by atoms with E-state index in [-0.39, 0.29) is 5.37 Å². The first-order chi connectivity index (χ1) is 23.8. The summed E-state index contributed by atoms with van der Waals surface area (Å²) in [6, 6.07) is 60.6. The average molecular weight is 632 g/mol. The number of fused-ring (bicyclic) bond motifs is 16. The number of thioether (sulfide) groups is 1. The fraction of sp³-hybridized carbons (Fsp3) is 0.0667. The Kier molecular flexibility index (Phi) is 5.27. The van der Waals surface area contributed by atoms with E-state index in [4.69, 9.17) is 4.74 Å². The van der Waals surface area contributed by atoms with Crippen LogP contribution in [0, 0.1) is 0 Å².